The molecule has 1 aliphatic rings. The summed E-state index contributed by atoms with van der Waals surface area (Å²) in [6, 6.07) is 9.80. The molecular weight excluding hydrogens is 317 g/mol. The summed E-state index contributed by atoms with van der Waals surface area (Å²) >= 11 is 0. The molecule has 2 aromatic carbocycles. The van der Waals surface area contributed by atoms with E-state index < -0.39 is 17.8 Å². The van der Waals surface area contributed by atoms with Gasteiger partial charge >= 0.3 is 6.18 Å². The molecule has 1 heterocycles. The third-order valence-corrected chi connectivity index (χ3v) is 3.94. The normalized spacial score (nSPS) is 17.1. The second-order valence-corrected chi connectivity index (χ2v) is 6.36. The Bertz CT molecular complexity index is 774. The monoisotopic (exact) mass is 334 g/mol. The molecule has 24 heavy (non-hydrogen) atoms. The lowest BCUT2D eigenvalue weighted by atomic mass is 9.96. The van der Waals surface area contributed by atoms with Crippen LogP contribution in [0.15, 0.2) is 48.5 Å². The number of alkyl halides is 3. The molecule has 2 nitrogen and oxygen atoms in total. The molecule has 2 aromatic rings. The summed E-state index contributed by atoms with van der Waals surface area (Å²) in [5.74, 6) is 0.714. The minimum Gasteiger partial charge on any atom is -0.483 e. The van der Waals surface area contributed by atoms with E-state index in [2.05, 4.69) is 0 Å². The van der Waals surface area contributed by atoms with Crippen molar-refractivity contribution in [1.82, 2.24) is 0 Å². The molecule has 0 aliphatic carbocycles. The Morgan fingerprint density at radius 1 is 1.00 bits per heavy atom. The van der Waals surface area contributed by atoms with Crippen molar-refractivity contribution in [3.8, 4) is 5.75 Å². The van der Waals surface area contributed by atoms with Gasteiger partial charge in [-0.25, -0.2) is 0 Å². The number of aliphatic hydroxyl groups excluding tert-OH is 1. The maximum atomic E-state index is 12.6. The van der Waals surface area contributed by atoms with Gasteiger partial charge in [-0.05, 0) is 55.3 Å². The van der Waals surface area contributed by atoms with Crippen molar-refractivity contribution in [3.63, 3.8) is 0 Å². The van der Waals surface area contributed by atoms with Gasteiger partial charge in [-0.3, -0.25) is 0 Å². The van der Waals surface area contributed by atoms with Crippen LogP contribution in [0.4, 0.5) is 13.2 Å². The Morgan fingerprint density at radius 2 is 1.62 bits per heavy atom. The highest BCUT2D eigenvalue weighted by molar-refractivity contribution is 5.62. The highest BCUT2D eigenvalue weighted by Crippen LogP contribution is 2.35. The van der Waals surface area contributed by atoms with Crippen molar-refractivity contribution in [3.05, 3.63) is 70.8 Å². The van der Waals surface area contributed by atoms with E-state index in [0.717, 1.165) is 17.7 Å². The molecule has 0 amide bonds. The smallest absolute Gasteiger partial charge is 0.416 e. The Morgan fingerprint density at radius 3 is 2.25 bits per heavy atom. The highest BCUT2D eigenvalue weighted by atomic mass is 19.4. The fourth-order valence-corrected chi connectivity index (χ4v) is 2.61. The molecule has 1 unspecified atom stereocenters. The number of benzene rings is 2. The first-order valence-corrected chi connectivity index (χ1v) is 7.53. The molecule has 0 aromatic heterocycles. The van der Waals surface area contributed by atoms with Crippen LogP contribution in [0.25, 0.3) is 6.08 Å². The van der Waals surface area contributed by atoms with Crippen LogP contribution in [0.1, 0.15) is 42.2 Å². The zero-order valence-corrected chi connectivity index (χ0v) is 13.3. The Balaban J connectivity index is 1.87. The second kappa shape index (κ2) is 5.67. The van der Waals surface area contributed by atoms with E-state index in [1.165, 1.54) is 12.1 Å². The van der Waals surface area contributed by atoms with Gasteiger partial charge in [0.05, 0.1) is 5.56 Å². The lowest BCUT2D eigenvalue weighted by Crippen LogP contribution is -2.27. The molecule has 5 heteroatoms. The summed E-state index contributed by atoms with van der Waals surface area (Å²) in [6.45, 7) is 3.88. The zero-order chi connectivity index (χ0) is 17.5. The van der Waals surface area contributed by atoms with E-state index in [-0.39, 0.29) is 5.60 Å². The van der Waals surface area contributed by atoms with E-state index in [4.69, 9.17) is 4.74 Å². The van der Waals surface area contributed by atoms with Gasteiger partial charge in [0.2, 0.25) is 0 Å². The first-order valence-electron chi connectivity index (χ1n) is 7.53. The van der Waals surface area contributed by atoms with Crippen LogP contribution >= 0.6 is 0 Å². The van der Waals surface area contributed by atoms with E-state index in [1.54, 1.807) is 18.2 Å². The first kappa shape index (κ1) is 16.6. The van der Waals surface area contributed by atoms with Crippen LogP contribution in [0.5, 0.6) is 5.75 Å². The van der Waals surface area contributed by atoms with Crippen LogP contribution in [0.2, 0.25) is 0 Å². The minimum atomic E-state index is -4.38. The van der Waals surface area contributed by atoms with Crippen molar-refractivity contribution < 1.29 is 23.0 Å². The molecule has 0 fully saturated rings. The predicted molar refractivity (Wildman–Crippen MR) is 85.7 cm³/mol. The third kappa shape index (κ3) is 3.31. The van der Waals surface area contributed by atoms with Gasteiger partial charge in [-0.2, -0.15) is 13.2 Å². The molecule has 1 aliphatic heterocycles. The fourth-order valence-electron chi connectivity index (χ4n) is 2.61. The van der Waals surface area contributed by atoms with Crippen molar-refractivity contribution in [2.24, 2.45) is 0 Å². The number of aliphatic hydroxyl groups is 1. The van der Waals surface area contributed by atoms with Crippen molar-refractivity contribution in [2.75, 3.05) is 0 Å². The average molecular weight is 334 g/mol. The summed E-state index contributed by atoms with van der Waals surface area (Å²) < 4.78 is 43.7. The molecule has 0 bridgehead atoms. The number of halogens is 3. The van der Waals surface area contributed by atoms with Gasteiger partial charge in [0, 0.05) is 5.56 Å². The van der Waals surface area contributed by atoms with Crippen molar-refractivity contribution in [2.45, 2.75) is 31.7 Å². The lowest BCUT2D eigenvalue weighted by Gasteiger charge is -2.28. The van der Waals surface area contributed by atoms with Gasteiger partial charge in [-0.1, -0.05) is 24.3 Å². The number of hydrogen-bond donors (Lipinski definition) is 1. The molecule has 0 saturated carbocycles. The maximum absolute atomic E-state index is 12.6. The number of hydrogen-bond acceptors (Lipinski definition) is 2. The van der Waals surface area contributed by atoms with Crippen molar-refractivity contribution in [1.29, 1.82) is 0 Å². The number of fused-ring (bicyclic) bond motifs is 1. The van der Waals surface area contributed by atoms with Gasteiger partial charge in [-0.15, -0.1) is 0 Å². The summed E-state index contributed by atoms with van der Waals surface area (Å²) in [6.07, 6.45) is -1.55. The van der Waals surface area contributed by atoms with Crippen LogP contribution in [0.3, 0.4) is 0 Å². The minimum absolute atomic E-state index is 0.388. The number of rotatable bonds is 2. The zero-order valence-electron chi connectivity index (χ0n) is 13.3. The first-order chi connectivity index (χ1) is 11.2. The number of ether oxygens (including phenoxy) is 1. The van der Waals surface area contributed by atoms with Gasteiger partial charge in [0.1, 0.15) is 17.5 Å². The van der Waals surface area contributed by atoms with Crippen LogP contribution in [-0.2, 0) is 6.18 Å². The molecule has 126 valence electrons. The maximum Gasteiger partial charge on any atom is 0.416 e. The van der Waals surface area contributed by atoms with Crippen LogP contribution in [0, 0.1) is 0 Å². The molecule has 1 atom stereocenters. The quantitative estimate of drug-likeness (QED) is 0.840. The topological polar surface area (TPSA) is 29.5 Å². The lowest BCUT2D eigenvalue weighted by molar-refractivity contribution is -0.137. The predicted octanol–water partition coefficient (Wildman–Crippen LogP) is 4.97. The average Bonchev–Trinajstić information content (AvgIpc) is 2.52. The van der Waals surface area contributed by atoms with Crippen LogP contribution in [-0.4, -0.2) is 10.7 Å². The summed E-state index contributed by atoms with van der Waals surface area (Å²) in [4.78, 5) is 0. The van der Waals surface area contributed by atoms with Gasteiger partial charge < -0.3 is 9.84 Å². The molecule has 0 radical (unpaired) electrons. The highest BCUT2D eigenvalue weighted by Gasteiger charge is 2.30. The molecule has 1 N–H and O–H groups in total. The standard InChI is InChI=1S/C19H17F3O2/c1-18(2)10-9-13-11-14(5-8-16(13)24-18)17(23)12-3-6-15(7-4-12)19(20,21)22/h3-11,17,23H,1-2H3. The third-order valence-electron chi connectivity index (χ3n) is 3.94. The van der Waals surface area contributed by atoms with E-state index in [0.29, 0.717) is 16.9 Å². The largest absolute Gasteiger partial charge is 0.483 e. The Labute approximate surface area is 138 Å². The Kier molecular flexibility index (Phi) is 3.92. The van der Waals surface area contributed by atoms with Gasteiger partial charge in [0.25, 0.3) is 0 Å². The van der Waals surface area contributed by atoms with Crippen LogP contribution < -0.4 is 4.74 Å². The Hall–Kier alpha value is -2.27. The van der Waals surface area contributed by atoms with E-state index >= 15 is 0 Å². The van der Waals surface area contributed by atoms with E-state index in [9.17, 15) is 18.3 Å². The summed E-state index contributed by atoms with van der Waals surface area (Å²) in [5.41, 5.74) is 0.714. The molecule has 3 rings (SSSR count). The van der Waals surface area contributed by atoms with E-state index in [1.807, 2.05) is 26.0 Å². The molecule has 0 saturated heterocycles. The summed E-state index contributed by atoms with van der Waals surface area (Å²) in [5, 5.41) is 10.4. The fraction of sp³-hybridized carbons (Fsp3) is 0.263. The molecule has 0 spiro atoms. The van der Waals surface area contributed by atoms with Crippen molar-refractivity contribution >= 4 is 6.08 Å². The summed E-state index contributed by atoms with van der Waals surface area (Å²) in [7, 11) is 0. The SMILES string of the molecule is CC1(C)C=Cc2cc(C(O)c3ccc(C(F)(F)F)cc3)ccc2O1. The second-order valence-electron chi connectivity index (χ2n) is 6.36. The van der Waals surface area contributed by atoms with Gasteiger partial charge in [0.15, 0.2) is 0 Å². The molecular formula is C19H17F3O2.